The molecule has 1 unspecified atom stereocenters. The van der Waals surface area contributed by atoms with Gasteiger partial charge in [-0.05, 0) is 31.0 Å². The third-order valence-electron chi connectivity index (χ3n) is 4.49. The van der Waals surface area contributed by atoms with Gasteiger partial charge in [0.05, 0.1) is 13.2 Å². The third-order valence-corrected chi connectivity index (χ3v) is 8.99. The van der Waals surface area contributed by atoms with Gasteiger partial charge in [-0.1, -0.05) is 26.8 Å². The van der Waals surface area contributed by atoms with Gasteiger partial charge in [0.25, 0.3) is 0 Å². The van der Waals surface area contributed by atoms with Gasteiger partial charge in [0.1, 0.15) is 6.04 Å². The summed E-state index contributed by atoms with van der Waals surface area (Å²) in [5.41, 5.74) is 0. The van der Waals surface area contributed by atoms with E-state index in [0.29, 0.717) is 6.42 Å². The molecule has 0 saturated carbocycles. The van der Waals surface area contributed by atoms with Gasteiger partial charge in [0.2, 0.25) is 0 Å². The van der Waals surface area contributed by atoms with E-state index in [1.807, 2.05) is 6.08 Å². The molecule has 116 valence electrons. The lowest BCUT2D eigenvalue weighted by Crippen LogP contribution is -2.47. The van der Waals surface area contributed by atoms with E-state index in [-0.39, 0.29) is 29.2 Å². The topological polar surface area (TPSA) is 47.6 Å². The molecule has 0 amide bonds. The summed E-state index contributed by atoms with van der Waals surface area (Å²) in [6, 6.07) is -0.120. The van der Waals surface area contributed by atoms with Crippen LogP contribution in [0.15, 0.2) is 12.7 Å². The molecule has 1 fully saturated rings. The normalized spacial score (nSPS) is 27.4. The molecule has 0 aromatic carbocycles. The second kappa shape index (κ2) is 6.41. The summed E-state index contributed by atoms with van der Waals surface area (Å²) in [5, 5.41) is 3.48. The van der Waals surface area contributed by atoms with Crippen LogP contribution in [-0.4, -0.2) is 39.6 Å². The fraction of sp³-hybridized carbons (Fsp3) is 0.800. The second-order valence-corrected chi connectivity index (χ2v) is 11.8. The van der Waals surface area contributed by atoms with Gasteiger partial charge < -0.3 is 9.16 Å². The summed E-state index contributed by atoms with van der Waals surface area (Å²) in [5.74, 6) is -0.208. The third kappa shape index (κ3) is 3.93. The minimum atomic E-state index is -1.84. The molecule has 0 aromatic heterocycles. The maximum absolute atomic E-state index is 11.7. The van der Waals surface area contributed by atoms with E-state index in [1.54, 1.807) is 0 Å². The molecule has 0 bridgehead atoms. The molecular weight excluding hydrogens is 270 g/mol. The predicted molar refractivity (Wildman–Crippen MR) is 84.2 cm³/mol. The number of hydrogen-bond donors (Lipinski definition) is 1. The van der Waals surface area contributed by atoms with Crippen molar-refractivity contribution in [2.24, 2.45) is 0 Å². The van der Waals surface area contributed by atoms with Gasteiger partial charge in [-0.3, -0.25) is 10.1 Å². The van der Waals surface area contributed by atoms with Crippen molar-refractivity contribution in [1.29, 1.82) is 0 Å². The van der Waals surface area contributed by atoms with Crippen molar-refractivity contribution in [3.05, 3.63) is 12.7 Å². The van der Waals surface area contributed by atoms with E-state index in [0.717, 1.165) is 6.42 Å². The highest BCUT2D eigenvalue weighted by molar-refractivity contribution is 6.74. The standard InChI is InChI=1S/C15H29NO3Si/c1-8-9-11-13(10-12(16-11)14(17)18-5)19-20(6,7)15(2,3)4/h8,11-13,16H,1,9-10H2,2-7H3/t11?,12-,13+/m1/s1. The largest absolute Gasteiger partial charge is 0.468 e. The molecule has 1 N–H and O–H groups in total. The lowest BCUT2D eigenvalue weighted by molar-refractivity contribution is -0.142. The first-order valence-corrected chi connectivity index (χ1v) is 10.2. The van der Waals surface area contributed by atoms with Crippen molar-refractivity contribution in [3.63, 3.8) is 0 Å². The molecule has 0 aliphatic carbocycles. The van der Waals surface area contributed by atoms with Crippen molar-refractivity contribution in [2.75, 3.05) is 7.11 Å². The number of nitrogens with one attached hydrogen (secondary N) is 1. The Balaban J connectivity index is 2.80. The van der Waals surface area contributed by atoms with Gasteiger partial charge in [0.15, 0.2) is 8.32 Å². The SMILES string of the molecule is C=CCC1N[C@@H](C(=O)OC)C[C@@H]1O[Si](C)(C)C(C)(C)C. The Hall–Kier alpha value is -0.653. The molecular formula is C15H29NO3Si. The molecule has 3 atom stereocenters. The zero-order valence-electron chi connectivity index (χ0n) is 13.7. The predicted octanol–water partition coefficient (Wildman–Crippen LogP) is 2.86. The Bertz CT molecular complexity index is 363. The molecule has 1 aliphatic rings. The molecule has 0 aromatic rings. The Morgan fingerprint density at radius 1 is 1.45 bits per heavy atom. The summed E-state index contributed by atoms with van der Waals surface area (Å²) >= 11 is 0. The van der Waals surface area contributed by atoms with Crippen molar-refractivity contribution >= 4 is 14.3 Å². The van der Waals surface area contributed by atoms with Crippen molar-refractivity contribution in [2.45, 2.75) is 69.9 Å². The first kappa shape index (κ1) is 17.4. The smallest absolute Gasteiger partial charge is 0.322 e. The van der Waals surface area contributed by atoms with Gasteiger partial charge in [-0.25, -0.2) is 0 Å². The molecule has 1 rings (SSSR count). The quantitative estimate of drug-likeness (QED) is 0.482. The van der Waals surface area contributed by atoms with Gasteiger partial charge >= 0.3 is 5.97 Å². The van der Waals surface area contributed by atoms with Crippen LogP contribution < -0.4 is 5.32 Å². The molecule has 5 heteroatoms. The Labute approximate surface area is 124 Å². The second-order valence-electron chi connectivity index (χ2n) is 7.03. The maximum Gasteiger partial charge on any atom is 0.322 e. The van der Waals surface area contributed by atoms with Crippen LogP contribution in [0, 0.1) is 0 Å². The average Bonchev–Trinajstić information content (AvgIpc) is 2.70. The van der Waals surface area contributed by atoms with Crippen LogP contribution in [0.2, 0.25) is 18.1 Å². The summed E-state index contributed by atoms with van der Waals surface area (Å²) in [7, 11) is -0.417. The van der Waals surface area contributed by atoms with Crippen molar-refractivity contribution in [3.8, 4) is 0 Å². The van der Waals surface area contributed by atoms with E-state index in [1.165, 1.54) is 7.11 Å². The lowest BCUT2D eigenvalue weighted by atomic mass is 10.1. The van der Waals surface area contributed by atoms with Crippen LogP contribution >= 0.6 is 0 Å². The molecule has 20 heavy (non-hydrogen) atoms. The first-order chi connectivity index (χ1) is 9.12. The lowest BCUT2D eigenvalue weighted by Gasteiger charge is -2.39. The van der Waals surface area contributed by atoms with Crippen LogP contribution in [-0.2, 0) is 14.0 Å². The Morgan fingerprint density at radius 2 is 2.05 bits per heavy atom. The monoisotopic (exact) mass is 299 g/mol. The highest BCUT2D eigenvalue weighted by atomic mass is 28.4. The summed E-state index contributed by atoms with van der Waals surface area (Å²) in [4.78, 5) is 11.7. The van der Waals surface area contributed by atoms with E-state index < -0.39 is 8.32 Å². The number of rotatable bonds is 5. The zero-order chi connectivity index (χ0) is 15.6. The summed E-state index contributed by atoms with van der Waals surface area (Å²) in [6.45, 7) is 14.9. The summed E-state index contributed by atoms with van der Waals surface area (Å²) < 4.78 is 11.3. The molecule has 1 saturated heterocycles. The van der Waals surface area contributed by atoms with Gasteiger partial charge in [-0.2, -0.15) is 0 Å². The fourth-order valence-electron chi connectivity index (χ4n) is 2.22. The number of ether oxygens (including phenoxy) is 1. The van der Waals surface area contributed by atoms with Crippen LogP contribution in [0.4, 0.5) is 0 Å². The average molecular weight is 299 g/mol. The molecule has 1 heterocycles. The van der Waals surface area contributed by atoms with Crippen LogP contribution in [0.3, 0.4) is 0 Å². The fourth-order valence-corrected chi connectivity index (χ4v) is 3.59. The highest BCUT2D eigenvalue weighted by Crippen LogP contribution is 2.39. The Morgan fingerprint density at radius 3 is 2.50 bits per heavy atom. The van der Waals surface area contributed by atoms with Crippen LogP contribution in [0.5, 0.6) is 0 Å². The first-order valence-electron chi connectivity index (χ1n) is 7.25. The number of esters is 1. The molecule has 4 nitrogen and oxygen atoms in total. The molecule has 0 radical (unpaired) electrons. The minimum absolute atomic E-state index is 0.0537. The van der Waals surface area contributed by atoms with E-state index in [9.17, 15) is 4.79 Å². The molecule has 1 aliphatic heterocycles. The van der Waals surface area contributed by atoms with Crippen molar-refractivity contribution in [1.82, 2.24) is 5.32 Å². The minimum Gasteiger partial charge on any atom is -0.468 e. The number of carbonyl (C=O) groups excluding carboxylic acids is 1. The van der Waals surface area contributed by atoms with E-state index >= 15 is 0 Å². The Kier molecular flexibility index (Phi) is 5.58. The molecule has 0 spiro atoms. The summed E-state index contributed by atoms with van der Waals surface area (Å²) in [6.07, 6.45) is 3.40. The van der Waals surface area contributed by atoms with Crippen LogP contribution in [0.1, 0.15) is 33.6 Å². The zero-order valence-corrected chi connectivity index (χ0v) is 14.7. The van der Waals surface area contributed by atoms with Gasteiger partial charge in [-0.15, -0.1) is 6.58 Å². The van der Waals surface area contributed by atoms with Crippen molar-refractivity contribution < 1.29 is 14.0 Å². The highest BCUT2D eigenvalue weighted by Gasteiger charge is 2.45. The van der Waals surface area contributed by atoms with Crippen LogP contribution in [0.25, 0.3) is 0 Å². The number of hydrogen-bond acceptors (Lipinski definition) is 4. The number of methoxy groups -OCH3 is 1. The maximum atomic E-state index is 11.7. The van der Waals surface area contributed by atoms with E-state index in [4.69, 9.17) is 9.16 Å². The van der Waals surface area contributed by atoms with Gasteiger partial charge in [0, 0.05) is 6.04 Å². The van der Waals surface area contributed by atoms with E-state index in [2.05, 4.69) is 45.8 Å². The number of carbonyl (C=O) groups is 1.